The van der Waals surface area contributed by atoms with E-state index in [1.165, 1.54) is 0 Å². The Morgan fingerprint density at radius 1 is 1.03 bits per heavy atom. The predicted molar refractivity (Wildman–Crippen MR) is 118 cm³/mol. The van der Waals surface area contributed by atoms with Crippen molar-refractivity contribution >= 4 is 9.84 Å². The van der Waals surface area contributed by atoms with Crippen LogP contribution < -0.4 is 5.56 Å². The molecule has 2 aromatic carbocycles. The first kappa shape index (κ1) is 23.2. The number of hydrogen-bond acceptors (Lipinski definition) is 5. The first-order valence-electron chi connectivity index (χ1n) is 10.4. The molecule has 0 spiro atoms. The van der Waals surface area contributed by atoms with Gasteiger partial charge in [-0.3, -0.25) is 9.69 Å². The van der Waals surface area contributed by atoms with Crippen LogP contribution in [0.15, 0.2) is 71.5 Å². The van der Waals surface area contributed by atoms with E-state index in [4.69, 9.17) is 0 Å². The zero-order valence-electron chi connectivity index (χ0n) is 17.6. The number of sulfone groups is 1. The molecule has 0 N–H and O–H groups in total. The Balaban J connectivity index is 1.76. The third-order valence-corrected chi connectivity index (χ3v) is 7.37. The lowest BCUT2D eigenvalue weighted by atomic mass is 10.1. The molecule has 0 radical (unpaired) electrons. The number of hydrogen-bond donors (Lipinski definition) is 0. The van der Waals surface area contributed by atoms with Gasteiger partial charge in [-0.05, 0) is 18.1 Å². The van der Waals surface area contributed by atoms with Crippen LogP contribution in [0.5, 0.6) is 0 Å². The molecule has 6 nitrogen and oxygen atoms in total. The van der Waals surface area contributed by atoms with Crippen molar-refractivity contribution in [3.05, 3.63) is 88.2 Å². The van der Waals surface area contributed by atoms with Gasteiger partial charge in [0, 0.05) is 18.2 Å². The van der Waals surface area contributed by atoms with Crippen molar-refractivity contribution in [2.24, 2.45) is 0 Å². The van der Waals surface area contributed by atoms with Crippen LogP contribution in [0.25, 0.3) is 11.3 Å². The van der Waals surface area contributed by atoms with Gasteiger partial charge in [-0.25, -0.2) is 13.1 Å². The van der Waals surface area contributed by atoms with E-state index in [0.29, 0.717) is 12.0 Å². The summed E-state index contributed by atoms with van der Waals surface area (Å²) >= 11 is 0. The van der Waals surface area contributed by atoms with Crippen LogP contribution in [0.4, 0.5) is 13.2 Å². The molecule has 174 valence electrons. The van der Waals surface area contributed by atoms with Gasteiger partial charge in [0.1, 0.15) is 5.56 Å². The van der Waals surface area contributed by atoms with Crippen molar-refractivity contribution in [3.63, 3.8) is 0 Å². The third-order valence-electron chi connectivity index (χ3n) is 5.62. The van der Waals surface area contributed by atoms with Crippen LogP contribution >= 0.6 is 0 Å². The third kappa shape index (κ3) is 5.51. The van der Waals surface area contributed by atoms with E-state index in [0.717, 1.165) is 16.3 Å². The summed E-state index contributed by atoms with van der Waals surface area (Å²) in [7, 11) is -3.25. The average Bonchev–Trinajstić information content (AvgIpc) is 3.14. The van der Waals surface area contributed by atoms with Crippen LogP contribution in [-0.4, -0.2) is 40.6 Å². The molecule has 33 heavy (non-hydrogen) atoms. The van der Waals surface area contributed by atoms with Crippen molar-refractivity contribution in [2.75, 3.05) is 11.5 Å². The molecular weight excluding hydrogens is 455 g/mol. The summed E-state index contributed by atoms with van der Waals surface area (Å²) < 4.78 is 66.0. The van der Waals surface area contributed by atoms with Crippen molar-refractivity contribution in [1.29, 1.82) is 0 Å². The van der Waals surface area contributed by atoms with E-state index in [2.05, 4.69) is 5.10 Å². The Morgan fingerprint density at radius 3 is 2.24 bits per heavy atom. The van der Waals surface area contributed by atoms with Crippen molar-refractivity contribution < 1.29 is 21.6 Å². The van der Waals surface area contributed by atoms with Gasteiger partial charge < -0.3 is 0 Å². The van der Waals surface area contributed by atoms with E-state index in [1.807, 2.05) is 30.3 Å². The number of alkyl halides is 3. The highest BCUT2D eigenvalue weighted by molar-refractivity contribution is 7.91. The Hall–Kier alpha value is -2.98. The molecule has 1 aromatic heterocycles. The van der Waals surface area contributed by atoms with Crippen molar-refractivity contribution in [1.82, 2.24) is 14.7 Å². The van der Waals surface area contributed by atoms with Crippen LogP contribution in [0.3, 0.4) is 0 Å². The van der Waals surface area contributed by atoms with Crippen LogP contribution in [0, 0.1) is 0 Å². The topological polar surface area (TPSA) is 72.3 Å². The summed E-state index contributed by atoms with van der Waals surface area (Å²) in [6.07, 6.45) is -4.51. The van der Waals surface area contributed by atoms with Gasteiger partial charge in [0.15, 0.2) is 9.84 Å². The Labute approximate surface area is 189 Å². The second-order valence-corrected chi connectivity index (χ2v) is 10.3. The largest absolute Gasteiger partial charge is 0.421 e. The Bertz CT molecular complexity index is 1280. The normalized spacial score (nSPS) is 18.0. The van der Waals surface area contributed by atoms with Crippen LogP contribution in [0.1, 0.15) is 17.5 Å². The second kappa shape index (κ2) is 9.11. The molecule has 1 aliphatic heterocycles. The van der Waals surface area contributed by atoms with E-state index in [-0.39, 0.29) is 30.4 Å². The minimum Gasteiger partial charge on any atom is -0.276 e. The molecule has 1 unspecified atom stereocenters. The van der Waals surface area contributed by atoms with Crippen molar-refractivity contribution in [3.8, 4) is 11.3 Å². The minimum atomic E-state index is -4.85. The fraction of sp³-hybridized carbons (Fsp3) is 0.304. The first-order valence-corrected chi connectivity index (χ1v) is 12.2. The molecule has 1 aliphatic rings. The maximum atomic E-state index is 13.7. The SMILES string of the molecule is O=c1c(C(F)(F)F)cc(-c2ccccc2)nn1CN(Cc1ccccc1)C1CCS(=O)(=O)C1. The molecule has 0 bridgehead atoms. The fourth-order valence-corrected chi connectivity index (χ4v) is 5.70. The van der Waals surface area contributed by atoms with E-state index < -0.39 is 33.2 Å². The summed E-state index contributed by atoms with van der Waals surface area (Å²) in [4.78, 5) is 14.5. The summed E-state index contributed by atoms with van der Waals surface area (Å²) in [5.41, 5.74) is -1.27. The zero-order valence-corrected chi connectivity index (χ0v) is 18.4. The average molecular weight is 478 g/mol. The monoisotopic (exact) mass is 477 g/mol. The number of halogens is 3. The molecule has 3 aromatic rings. The molecular formula is C23H22F3N3O3S. The number of nitrogens with zero attached hydrogens (tertiary/aromatic N) is 3. The first-order chi connectivity index (χ1) is 15.6. The standard InChI is InChI=1S/C23H22F3N3O3S/c24-23(25,26)20-13-21(18-9-5-2-6-10-18)27-29(22(20)30)16-28(14-17-7-3-1-4-8-17)19-11-12-33(31,32)15-19/h1-10,13,19H,11-12,14-16H2. The van der Waals surface area contributed by atoms with Gasteiger partial charge in [-0.15, -0.1) is 0 Å². The smallest absolute Gasteiger partial charge is 0.276 e. The van der Waals surface area contributed by atoms with E-state index >= 15 is 0 Å². The predicted octanol–water partition coefficient (Wildman–Crippen LogP) is 3.58. The summed E-state index contributed by atoms with van der Waals surface area (Å²) in [5, 5.41) is 4.22. The van der Waals surface area contributed by atoms with Gasteiger partial charge in [0.05, 0.1) is 23.9 Å². The maximum absolute atomic E-state index is 13.7. The van der Waals surface area contributed by atoms with Gasteiger partial charge >= 0.3 is 6.18 Å². The van der Waals surface area contributed by atoms with Crippen molar-refractivity contribution in [2.45, 2.75) is 31.9 Å². The van der Waals surface area contributed by atoms with Gasteiger partial charge in [0.25, 0.3) is 5.56 Å². The lowest BCUT2D eigenvalue weighted by Gasteiger charge is -2.28. The summed E-state index contributed by atoms with van der Waals surface area (Å²) in [6.45, 7) is 0.00370. The minimum absolute atomic E-state index is 0.00311. The van der Waals surface area contributed by atoms with Gasteiger partial charge in [-0.2, -0.15) is 18.3 Å². The molecule has 0 saturated carbocycles. The highest BCUT2D eigenvalue weighted by Gasteiger charge is 2.37. The van der Waals surface area contributed by atoms with Crippen LogP contribution in [0.2, 0.25) is 0 Å². The zero-order chi connectivity index (χ0) is 23.6. The lowest BCUT2D eigenvalue weighted by molar-refractivity contribution is -0.139. The fourth-order valence-electron chi connectivity index (χ4n) is 3.94. The molecule has 1 saturated heterocycles. The summed E-state index contributed by atoms with van der Waals surface area (Å²) in [6, 6.07) is 17.8. The Morgan fingerprint density at radius 2 is 1.67 bits per heavy atom. The molecule has 0 amide bonds. The lowest BCUT2D eigenvalue weighted by Crippen LogP contribution is -2.42. The highest BCUT2D eigenvalue weighted by Crippen LogP contribution is 2.29. The van der Waals surface area contributed by atoms with Crippen LogP contribution in [-0.2, 0) is 29.2 Å². The van der Waals surface area contributed by atoms with E-state index in [1.54, 1.807) is 35.2 Å². The number of rotatable bonds is 6. The number of benzene rings is 2. The summed E-state index contributed by atoms with van der Waals surface area (Å²) in [5.74, 6) is -0.109. The van der Waals surface area contributed by atoms with Gasteiger partial charge in [0.2, 0.25) is 0 Å². The quantitative estimate of drug-likeness (QED) is 0.543. The molecule has 1 fully saturated rings. The van der Waals surface area contributed by atoms with Gasteiger partial charge in [-0.1, -0.05) is 60.7 Å². The number of aromatic nitrogens is 2. The molecule has 0 aliphatic carbocycles. The van der Waals surface area contributed by atoms with E-state index in [9.17, 15) is 26.4 Å². The molecule has 4 rings (SSSR count). The highest BCUT2D eigenvalue weighted by atomic mass is 32.2. The Kier molecular flexibility index (Phi) is 6.40. The maximum Gasteiger partial charge on any atom is 0.421 e. The molecule has 1 atom stereocenters. The molecule has 2 heterocycles. The second-order valence-electron chi connectivity index (χ2n) is 8.04. The molecule has 10 heteroatoms.